The fourth-order valence-electron chi connectivity index (χ4n) is 3.13. The van der Waals surface area contributed by atoms with Crippen molar-refractivity contribution in [2.45, 2.75) is 25.3 Å². The Morgan fingerprint density at radius 1 is 1.36 bits per heavy atom. The van der Waals surface area contributed by atoms with Crippen LogP contribution in [-0.4, -0.2) is 21.5 Å². The topological polar surface area (TPSA) is 77.1 Å². The van der Waals surface area contributed by atoms with Crippen LogP contribution in [0.15, 0.2) is 39.8 Å². The average Bonchev–Trinajstić information content (AvgIpc) is 3.24. The van der Waals surface area contributed by atoms with Crippen molar-refractivity contribution < 1.29 is 13.6 Å². The summed E-state index contributed by atoms with van der Waals surface area (Å²) in [5.74, 6) is -0.115. The second-order valence-corrected chi connectivity index (χ2v) is 6.35. The molecule has 2 unspecified atom stereocenters. The van der Waals surface area contributed by atoms with E-state index in [9.17, 15) is 14.0 Å². The summed E-state index contributed by atoms with van der Waals surface area (Å²) in [6, 6.07) is 6.24. The van der Waals surface area contributed by atoms with E-state index in [2.05, 4.69) is 10.3 Å². The minimum absolute atomic E-state index is 0.0390. The smallest absolute Gasteiger partial charge is 0.265 e. The van der Waals surface area contributed by atoms with E-state index in [0.717, 1.165) is 12.0 Å². The van der Waals surface area contributed by atoms with Crippen LogP contribution in [0.3, 0.4) is 0 Å². The van der Waals surface area contributed by atoms with Gasteiger partial charge in [-0.1, -0.05) is 12.1 Å². The van der Waals surface area contributed by atoms with Crippen molar-refractivity contribution in [3.8, 4) is 0 Å². The maximum Gasteiger partial charge on any atom is 0.265 e. The Hall–Kier alpha value is -2.96. The van der Waals surface area contributed by atoms with Crippen molar-refractivity contribution in [3.05, 3.63) is 63.7 Å². The highest BCUT2D eigenvalue weighted by Gasteiger charge is 2.40. The first-order chi connectivity index (χ1) is 12.0. The van der Waals surface area contributed by atoms with Crippen LogP contribution in [0.4, 0.5) is 4.39 Å². The molecule has 0 radical (unpaired) electrons. The third-order valence-electron chi connectivity index (χ3n) is 4.58. The molecule has 2 atom stereocenters. The number of rotatable bonds is 3. The Bertz CT molecular complexity index is 1040. The van der Waals surface area contributed by atoms with Gasteiger partial charge in [0.2, 0.25) is 5.71 Å². The van der Waals surface area contributed by atoms with Gasteiger partial charge >= 0.3 is 0 Å². The molecule has 2 aromatic heterocycles. The normalized spacial score (nSPS) is 19.2. The minimum atomic E-state index is -0.351. The summed E-state index contributed by atoms with van der Waals surface area (Å²) in [6.07, 6.45) is 2.14. The number of carbonyl (C=O) groups excluding carboxylic acids is 1. The predicted octanol–water partition coefficient (Wildman–Crippen LogP) is 2.26. The molecule has 3 aromatic rings. The molecule has 1 saturated carbocycles. The molecule has 0 aliphatic heterocycles. The number of hydrogen-bond donors (Lipinski definition) is 1. The van der Waals surface area contributed by atoms with Crippen LogP contribution in [-0.2, 0) is 7.05 Å². The molecule has 7 heteroatoms. The molecule has 0 saturated heterocycles. The van der Waals surface area contributed by atoms with E-state index in [1.807, 2.05) is 0 Å². The van der Waals surface area contributed by atoms with Crippen LogP contribution in [0.5, 0.6) is 0 Å². The zero-order chi connectivity index (χ0) is 17.7. The van der Waals surface area contributed by atoms with Gasteiger partial charge in [0.05, 0.1) is 5.56 Å². The lowest BCUT2D eigenvalue weighted by molar-refractivity contribution is 0.0950. The van der Waals surface area contributed by atoms with E-state index in [4.69, 9.17) is 4.42 Å². The molecule has 1 fully saturated rings. The Balaban J connectivity index is 1.60. The Kier molecular flexibility index (Phi) is 3.45. The van der Waals surface area contributed by atoms with Crippen LogP contribution < -0.4 is 10.9 Å². The van der Waals surface area contributed by atoms with Crippen molar-refractivity contribution >= 4 is 17.0 Å². The van der Waals surface area contributed by atoms with E-state index in [-0.39, 0.29) is 45.9 Å². The van der Waals surface area contributed by atoms with E-state index in [1.54, 1.807) is 26.1 Å². The number of halogens is 1. The number of amides is 1. The van der Waals surface area contributed by atoms with E-state index >= 15 is 0 Å². The second-order valence-electron chi connectivity index (χ2n) is 6.35. The fourth-order valence-corrected chi connectivity index (χ4v) is 3.13. The monoisotopic (exact) mass is 341 g/mol. The molecular formula is C18H16FN3O3. The van der Waals surface area contributed by atoms with Gasteiger partial charge in [-0.15, -0.1) is 0 Å². The first-order valence-electron chi connectivity index (χ1n) is 7.96. The number of benzene rings is 1. The molecule has 1 N–H and O–H groups in total. The molecule has 1 aliphatic carbocycles. The highest BCUT2D eigenvalue weighted by Crippen LogP contribution is 2.41. The van der Waals surface area contributed by atoms with Crippen molar-refractivity contribution in [1.29, 1.82) is 0 Å². The molecule has 2 heterocycles. The van der Waals surface area contributed by atoms with Crippen molar-refractivity contribution in [2.24, 2.45) is 7.05 Å². The van der Waals surface area contributed by atoms with Gasteiger partial charge in [0.25, 0.3) is 11.5 Å². The van der Waals surface area contributed by atoms with E-state index < -0.39 is 0 Å². The third kappa shape index (κ3) is 2.61. The second kappa shape index (κ2) is 5.54. The molecule has 1 amide bonds. The summed E-state index contributed by atoms with van der Waals surface area (Å²) in [5, 5.41) is 3.12. The van der Waals surface area contributed by atoms with Gasteiger partial charge < -0.3 is 14.3 Å². The lowest BCUT2D eigenvalue weighted by Gasteiger charge is -2.05. The molecule has 0 bridgehead atoms. The molecule has 0 spiro atoms. The first-order valence-corrected chi connectivity index (χ1v) is 7.96. The van der Waals surface area contributed by atoms with Crippen LogP contribution >= 0.6 is 0 Å². The highest BCUT2D eigenvalue weighted by molar-refractivity contribution is 6.06. The van der Waals surface area contributed by atoms with Crippen molar-refractivity contribution in [2.75, 3.05) is 0 Å². The van der Waals surface area contributed by atoms with Gasteiger partial charge in [-0.3, -0.25) is 9.59 Å². The van der Waals surface area contributed by atoms with E-state index in [1.165, 1.54) is 23.0 Å². The molecule has 25 heavy (non-hydrogen) atoms. The summed E-state index contributed by atoms with van der Waals surface area (Å²) in [7, 11) is 1.57. The summed E-state index contributed by atoms with van der Waals surface area (Å²) >= 11 is 0. The predicted molar refractivity (Wildman–Crippen MR) is 89.0 cm³/mol. The number of nitrogens with one attached hydrogen (secondary N) is 1. The summed E-state index contributed by atoms with van der Waals surface area (Å²) < 4.78 is 19.8. The molecular weight excluding hydrogens is 325 g/mol. The third-order valence-corrected chi connectivity index (χ3v) is 4.58. The Labute approximate surface area is 142 Å². The zero-order valence-corrected chi connectivity index (χ0v) is 13.7. The summed E-state index contributed by atoms with van der Waals surface area (Å²) in [4.78, 5) is 29.1. The van der Waals surface area contributed by atoms with Crippen molar-refractivity contribution in [1.82, 2.24) is 14.9 Å². The number of nitrogens with zero attached hydrogens (tertiary/aromatic N) is 2. The van der Waals surface area contributed by atoms with Gasteiger partial charge in [0.1, 0.15) is 23.3 Å². The quantitative estimate of drug-likeness (QED) is 0.793. The molecule has 4 rings (SSSR count). The highest BCUT2D eigenvalue weighted by atomic mass is 19.1. The van der Waals surface area contributed by atoms with Crippen LogP contribution in [0.2, 0.25) is 0 Å². The number of carbonyl (C=O) groups is 1. The van der Waals surface area contributed by atoms with Gasteiger partial charge in [0.15, 0.2) is 0 Å². The molecule has 128 valence electrons. The molecule has 1 aromatic carbocycles. The summed E-state index contributed by atoms with van der Waals surface area (Å²) in [5.41, 5.74) is 1.06. The SMILES string of the molecule is Cc1oc2ncn(C)c(=O)c2c1C(=O)NC1CC1c1ccc(F)cc1. The lowest BCUT2D eigenvalue weighted by atomic mass is 10.1. The number of aromatic nitrogens is 2. The number of aryl methyl sites for hydroxylation is 2. The first kappa shape index (κ1) is 15.6. The molecule has 6 nitrogen and oxygen atoms in total. The van der Waals surface area contributed by atoms with Gasteiger partial charge in [0, 0.05) is 19.0 Å². The standard InChI is InChI=1S/C18H16FN3O3/c1-9-14(15-17(25-9)20-8-22(2)18(15)24)16(23)21-13-7-12(13)10-3-5-11(19)6-4-10/h3-6,8,12-13H,7H2,1-2H3,(H,21,23). The van der Waals surface area contributed by atoms with Crippen LogP contribution in [0, 0.1) is 12.7 Å². The van der Waals surface area contributed by atoms with Gasteiger partial charge in [-0.05, 0) is 31.0 Å². The van der Waals surface area contributed by atoms with Gasteiger partial charge in [-0.2, -0.15) is 0 Å². The number of fused-ring (bicyclic) bond motifs is 1. The largest absolute Gasteiger partial charge is 0.442 e. The zero-order valence-electron chi connectivity index (χ0n) is 13.7. The fraction of sp³-hybridized carbons (Fsp3) is 0.278. The Morgan fingerprint density at radius 3 is 2.80 bits per heavy atom. The van der Waals surface area contributed by atoms with Crippen LogP contribution in [0.25, 0.3) is 11.1 Å². The summed E-state index contributed by atoms with van der Waals surface area (Å²) in [6.45, 7) is 1.64. The molecule has 1 aliphatic rings. The van der Waals surface area contributed by atoms with Gasteiger partial charge in [-0.25, -0.2) is 9.37 Å². The number of furan rings is 1. The maximum absolute atomic E-state index is 13.0. The maximum atomic E-state index is 13.0. The van der Waals surface area contributed by atoms with Crippen LogP contribution in [0.1, 0.15) is 34.0 Å². The lowest BCUT2D eigenvalue weighted by Crippen LogP contribution is -2.28. The Morgan fingerprint density at radius 2 is 2.08 bits per heavy atom. The average molecular weight is 341 g/mol. The minimum Gasteiger partial charge on any atom is -0.442 e. The van der Waals surface area contributed by atoms with E-state index in [0.29, 0.717) is 5.76 Å². The number of hydrogen-bond acceptors (Lipinski definition) is 4. The van der Waals surface area contributed by atoms with Crippen molar-refractivity contribution in [3.63, 3.8) is 0 Å².